The van der Waals surface area contributed by atoms with Crippen LogP contribution in [-0.2, 0) is 16.1 Å². The Morgan fingerprint density at radius 3 is 2.44 bits per heavy atom. The standard InChI is InChI=1S/C20H22Cl2N2O2S/c1-14(20(26)23-2)24(13-15-8-9-17(21)18(22)12-15)19(25)10-11-27-16-6-4-3-5-7-16/h3-9,12,14H,10-11,13H2,1-2H3,(H,23,26). The Labute approximate surface area is 174 Å². The summed E-state index contributed by atoms with van der Waals surface area (Å²) in [4.78, 5) is 27.6. The van der Waals surface area contributed by atoms with Gasteiger partial charge in [-0.15, -0.1) is 11.8 Å². The number of rotatable bonds is 8. The molecule has 0 fully saturated rings. The van der Waals surface area contributed by atoms with E-state index < -0.39 is 6.04 Å². The molecule has 0 aliphatic heterocycles. The van der Waals surface area contributed by atoms with Gasteiger partial charge in [-0.2, -0.15) is 0 Å². The number of carbonyl (C=O) groups is 2. The fourth-order valence-corrected chi connectivity index (χ4v) is 3.73. The van der Waals surface area contributed by atoms with Gasteiger partial charge in [0.05, 0.1) is 10.0 Å². The van der Waals surface area contributed by atoms with Crippen LogP contribution in [0.5, 0.6) is 0 Å². The smallest absolute Gasteiger partial charge is 0.242 e. The second kappa shape index (κ2) is 10.6. The van der Waals surface area contributed by atoms with E-state index in [1.807, 2.05) is 36.4 Å². The van der Waals surface area contributed by atoms with Crippen LogP contribution in [0.25, 0.3) is 0 Å². The van der Waals surface area contributed by atoms with Gasteiger partial charge < -0.3 is 10.2 Å². The Bertz CT molecular complexity index is 787. The first-order chi connectivity index (χ1) is 12.9. The molecule has 0 aliphatic carbocycles. The number of thioether (sulfide) groups is 1. The summed E-state index contributed by atoms with van der Waals surface area (Å²) in [6, 6.07) is 14.5. The molecule has 0 saturated heterocycles. The molecule has 0 saturated carbocycles. The summed E-state index contributed by atoms with van der Waals surface area (Å²) in [7, 11) is 1.56. The van der Waals surface area contributed by atoms with E-state index >= 15 is 0 Å². The van der Waals surface area contributed by atoms with Crippen molar-refractivity contribution in [2.24, 2.45) is 0 Å². The molecule has 4 nitrogen and oxygen atoms in total. The van der Waals surface area contributed by atoms with Crippen LogP contribution in [0.4, 0.5) is 0 Å². The highest BCUT2D eigenvalue weighted by Gasteiger charge is 2.25. The van der Waals surface area contributed by atoms with Crippen molar-refractivity contribution in [3.8, 4) is 0 Å². The van der Waals surface area contributed by atoms with Gasteiger partial charge in [0, 0.05) is 30.7 Å². The van der Waals surface area contributed by atoms with Crippen LogP contribution in [0.1, 0.15) is 18.9 Å². The zero-order valence-electron chi connectivity index (χ0n) is 15.2. The first kappa shape index (κ1) is 21.6. The third kappa shape index (κ3) is 6.45. The molecule has 0 spiro atoms. The van der Waals surface area contributed by atoms with Crippen molar-refractivity contribution in [1.29, 1.82) is 0 Å². The molecule has 0 aliphatic rings. The average molecular weight is 425 g/mol. The van der Waals surface area contributed by atoms with Crippen molar-refractivity contribution >= 4 is 46.8 Å². The van der Waals surface area contributed by atoms with Gasteiger partial charge >= 0.3 is 0 Å². The average Bonchev–Trinajstić information content (AvgIpc) is 2.68. The minimum atomic E-state index is -0.585. The number of likely N-dealkylation sites (N-methyl/N-ethyl adjacent to an activating group) is 1. The molecule has 1 unspecified atom stereocenters. The number of nitrogens with zero attached hydrogens (tertiary/aromatic N) is 1. The molecular weight excluding hydrogens is 403 g/mol. The number of carbonyl (C=O) groups excluding carboxylic acids is 2. The molecule has 0 aromatic heterocycles. The number of amides is 2. The van der Waals surface area contributed by atoms with Crippen LogP contribution in [-0.4, -0.2) is 35.6 Å². The zero-order chi connectivity index (χ0) is 19.8. The van der Waals surface area contributed by atoms with Crippen molar-refractivity contribution in [1.82, 2.24) is 10.2 Å². The molecule has 0 bridgehead atoms. The molecule has 2 amide bonds. The fourth-order valence-electron chi connectivity index (χ4n) is 2.54. The lowest BCUT2D eigenvalue weighted by molar-refractivity contribution is -0.140. The molecule has 2 rings (SSSR count). The minimum absolute atomic E-state index is 0.0828. The summed E-state index contributed by atoms with van der Waals surface area (Å²) in [5.74, 6) is 0.348. The van der Waals surface area contributed by atoms with Crippen molar-refractivity contribution in [2.75, 3.05) is 12.8 Å². The molecule has 0 heterocycles. The van der Waals surface area contributed by atoms with E-state index in [-0.39, 0.29) is 11.8 Å². The highest BCUT2D eigenvalue weighted by molar-refractivity contribution is 7.99. The predicted molar refractivity (Wildman–Crippen MR) is 112 cm³/mol. The van der Waals surface area contributed by atoms with Crippen LogP contribution in [0.15, 0.2) is 53.4 Å². The van der Waals surface area contributed by atoms with Gasteiger partial charge in [-0.3, -0.25) is 9.59 Å². The first-order valence-corrected chi connectivity index (χ1v) is 10.3. The minimum Gasteiger partial charge on any atom is -0.357 e. The maximum atomic E-state index is 12.8. The molecular formula is C20H22Cl2N2O2S. The SMILES string of the molecule is CNC(=O)C(C)N(Cc1ccc(Cl)c(Cl)c1)C(=O)CCSc1ccccc1. The van der Waals surface area contributed by atoms with E-state index in [0.717, 1.165) is 10.5 Å². The van der Waals surface area contributed by atoms with Crippen molar-refractivity contribution in [2.45, 2.75) is 30.8 Å². The largest absolute Gasteiger partial charge is 0.357 e. The summed E-state index contributed by atoms with van der Waals surface area (Å²) in [6.07, 6.45) is 0.336. The van der Waals surface area contributed by atoms with Crippen LogP contribution >= 0.6 is 35.0 Å². The summed E-state index contributed by atoms with van der Waals surface area (Å²) in [5.41, 5.74) is 0.823. The second-order valence-corrected chi connectivity index (χ2v) is 7.95. The van der Waals surface area contributed by atoms with E-state index in [9.17, 15) is 9.59 Å². The number of hydrogen-bond donors (Lipinski definition) is 1. The normalized spacial score (nSPS) is 11.7. The van der Waals surface area contributed by atoms with Gasteiger partial charge in [-0.05, 0) is 36.8 Å². The molecule has 144 valence electrons. The van der Waals surface area contributed by atoms with Gasteiger partial charge in [0.25, 0.3) is 0 Å². The van der Waals surface area contributed by atoms with Crippen molar-refractivity contribution < 1.29 is 9.59 Å². The maximum Gasteiger partial charge on any atom is 0.242 e. The van der Waals surface area contributed by atoms with E-state index in [1.54, 1.807) is 42.8 Å². The Morgan fingerprint density at radius 2 is 1.81 bits per heavy atom. The number of benzene rings is 2. The Hall–Kier alpha value is -1.69. The van der Waals surface area contributed by atoms with Gasteiger partial charge in [-0.1, -0.05) is 47.5 Å². The van der Waals surface area contributed by atoms with Crippen molar-refractivity contribution in [3.05, 3.63) is 64.1 Å². The van der Waals surface area contributed by atoms with Gasteiger partial charge in [0.15, 0.2) is 0 Å². The Balaban J connectivity index is 2.07. The van der Waals surface area contributed by atoms with E-state index in [0.29, 0.717) is 28.8 Å². The lowest BCUT2D eigenvalue weighted by Crippen LogP contribution is -2.46. The fraction of sp³-hybridized carbons (Fsp3) is 0.300. The van der Waals surface area contributed by atoms with E-state index in [4.69, 9.17) is 23.2 Å². The van der Waals surface area contributed by atoms with Gasteiger partial charge in [0.1, 0.15) is 6.04 Å². The van der Waals surface area contributed by atoms with Gasteiger partial charge in [0.2, 0.25) is 11.8 Å². The first-order valence-electron chi connectivity index (χ1n) is 8.55. The Morgan fingerprint density at radius 1 is 1.11 bits per heavy atom. The second-order valence-electron chi connectivity index (χ2n) is 5.97. The zero-order valence-corrected chi connectivity index (χ0v) is 17.6. The summed E-state index contributed by atoms with van der Waals surface area (Å²) in [5, 5.41) is 3.48. The van der Waals surface area contributed by atoms with Crippen molar-refractivity contribution in [3.63, 3.8) is 0 Å². The highest BCUT2D eigenvalue weighted by Crippen LogP contribution is 2.24. The predicted octanol–water partition coefficient (Wildman–Crippen LogP) is 4.64. The molecule has 1 N–H and O–H groups in total. The lowest BCUT2D eigenvalue weighted by Gasteiger charge is -2.28. The van der Waals surface area contributed by atoms with E-state index in [1.165, 1.54) is 0 Å². The van der Waals surface area contributed by atoms with E-state index in [2.05, 4.69) is 5.32 Å². The van der Waals surface area contributed by atoms with Crippen LogP contribution in [0.2, 0.25) is 10.0 Å². The molecule has 2 aromatic rings. The van der Waals surface area contributed by atoms with Crippen LogP contribution < -0.4 is 5.32 Å². The quantitative estimate of drug-likeness (QED) is 0.627. The third-order valence-corrected chi connectivity index (χ3v) is 5.83. The number of hydrogen-bond acceptors (Lipinski definition) is 3. The summed E-state index contributed by atoms with van der Waals surface area (Å²) in [6.45, 7) is 2.01. The molecule has 0 radical (unpaired) electrons. The van der Waals surface area contributed by atoms with Crippen LogP contribution in [0.3, 0.4) is 0 Å². The van der Waals surface area contributed by atoms with Gasteiger partial charge in [-0.25, -0.2) is 0 Å². The molecule has 2 aromatic carbocycles. The molecule has 1 atom stereocenters. The third-order valence-electron chi connectivity index (χ3n) is 4.08. The number of nitrogens with one attached hydrogen (secondary N) is 1. The Kier molecular flexibility index (Phi) is 8.48. The summed E-state index contributed by atoms with van der Waals surface area (Å²) >= 11 is 13.7. The number of halogens is 2. The molecule has 27 heavy (non-hydrogen) atoms. The summed E-state index contributed by atoms with van der Waals surface area (Å²) < 4.78 is 0. The monoisotopic (exact) mass is 424 g/mol. The highest BCUT2D eigenvalue weighted by atomic mass is 35.5. The lowest BCUT2D eigenvalue weighted by atomic mass is 10.1. The maximum absolute atomic E-state index is 12.8. The molecule has 7 heteroatoms. The topological polar surface area (TPSA) is 49.4 Å². The van der Waals surface area contributed by atoms with Crippen LogP contribution in [0, 0.1) is 0 Å².